The van der Waals surface area contributed by atoms with Gasteiger partial charge in [-0.3, -0.25) is 0 Å². The Morgan fingerprint density at radius 2 is 1.53 bits per heavy atom. The van der Waals surface area contributed by atoms with Crippen molar-refractivity contribution in [2.45, 2.75) is 20.8 Å². The molecule has 0 heterocycles. The Bertz CT molecular complexity index is 535. The van der Waals surface area contributed by atoms with E-state index in [0.717, 1.165) is 5.69 Å². The fraction of sp³-hybridized carbons (Fsp3) is 0.188. The van der Waals surface area contributed by atoms with Gasteiger partial charge in [-0.05, 0) is 55.7 Å². The van der Waals surface area contributed by atoms with Crippen molar-refractivity contribution in [3.05, 3.63) is 64.7 Å². The second kappa shape index (κ2) is 6.59. The summed E-state index contributed by atoms with van der Waals surface area (Å²) in [5.41, 5.74) is 10.7. The molecule has 0 radical (unpaired) electrons. The second-order valence-corrected chi connectivity index (χ2v) is 4.39. The number of nitrogen functional groups attached to an aromatic ring is 1. The van der Waals surface area contributed by atoms with E-state index in [2.05, 4.69) is 26.8 Å². The lowest BCUT2D eigenvalue weighted by Gasteiger charge is -2.05. The van der Waals surface area contributed by atoms with Gasteiger partial charge >= 0.3 is 5.97 Å². The molecule has 3 N–H and O–H groups in total. The van der Waals surface area contributed by atoms with Gasteiger partial charge < -0.3 is 10.8 Å². The highest BCUT2D eigenvalue weighted by Gasteiger charge is 1.98. The lowest BCUT2D eigenvalue weighted by atomic mass is 10.0. The van der Waals surface area contributed by atoms with E-state index in [1.165, 1.54) is 16.7 Å². The second-order valence-electron chi connectivity index (χ2n) is 4.39. The number of aromatic carboxylic acids is 1. The molecule has 0 aliphatic heterocycles. The van der Waals surface area contributed by atoms with Crippen molar-refractivity contribution in [1.82, 2.24) is 0 Å². The highest BCUT2D eigenvalue weighted by Crippen LogP contribution is 2.17. The van der Waals surface area contributed by atoms with Crippen LogP contribution in [0.3, 0.4) is 0 Å². The van der Waals surface area contributed by atoms with E-state index in [-0.39, 0.29) is 0 Å². The van der Waals surface area contributed by atoms with Gasteiger partial charge in [0.25, 0.3) is 0 Å². The molecule has 0 aromatic heterocycles. The predicted molar refractivity (Wildman–Crippen MR) is 78.5 cm³/mol. The number of rotatable bonds is 1. The summed E-state index contributed by atoms with van der Waals surface area (Å²) in [5.74, 6) is -0.879. The highest BCUT2D eigenvalue weighted by molar-refractivity contribution is 5.87. The van der Waals surface area contributed by atoms with E-state index in [0.29, 0.717) is 5.56 Å². The molecule has 0 bridgehead atoms. The molecule has 0 saturated heterocycles. The number of benzene rings is 2. The van der Waals surface area contributed by atoms with E-state index in [1.807, 2.05) is 6.07 Å². The van der Waals surface area contributed by atoms with Crippen molar-refractivity contribution in [3.63, 3.8) is 0 Å². The van der Waals surface area contributed by atoms with Gasteiger partial charge in [0.05, 0.1) is 5.56 Å². The van der Waals surface area contributed by atoms with Crippen LogP contribution in [0.1, 0.15) is 27.0 Å². The molecule has 2 aromatic rings. The van der Waals surface area contributed by atoms with Gasteiger partial charge in [0.1, 0.15) is 0 Å². The van der Waals surface area contributed by atoms with E-state index in [4.69, 9.17) is 10.8 Å². The normalized spacial score (nSPS) is 9.42. The number of carboxylic acid groups (broad SMARTS) is 1. The molecule has 0 saturated carbocycles. The van der Waals surface area contributed by atoms with Gasteiger partial charge in [-0.25, -0.2) is 4.79 Å². The van der Waals surface area contributed by atoms with Crippen LogP contribution in [0.2, 0.25) is 0 Å². The first-order valence-corrected chi connectivity index (χ1v) is 6.04. The molecule has 3 nitrogen and oxygen atoms in total. The first kappa shape index (κ1) is 14.8. The number of aryl methyl sites for hydroxylation is 1. The maximum atomic E-state index is 10.2. The van der Waals surface area contributed by atoms with E-state index in [1.54, 1.807) is 30.3 Å². The van der Waals surface area contributed by atoms with E-state index < -0.39 is 5.97 Å². The molecule has 0 spiro atoms. The number of hydrogen-bond acceptors (Lipinski definition) is 2. The van der Waals surface area contributed by atoms with Crippen molar-refractivity contribution in [1.29, 1.82) is 0 Å². The number of anilines is 1. The number of nitrogens with two attached hydrogens (primary N) is 1. The fourth-order valence-electron chi connectivity index (χ4n) is 1.56. The molecule has 0 atom stereocenters. The SMILES string of the molecule is Cc1ccc(N)c(C)c1C.O=C(O)c1ccccc1. The average molecular weight is 257 g/mol. The van der Waals surface area contributed by atoms with Crippen molar-refractivity contribution < 1.29 is 9.90 Å². The first-order chi connectivity index (χ1) is 8.93. The summed E-state index contributed by atoms with van der Waals surface area (Å²) in [7, 11) is 0. The Labute approximate surface area is 113 Å². The van der Waals surface area contributed by atoms with E-state index >= 15 is 0 Å². The Kier molecular flexibility index (Phi) is 5.12. The zero-order valence-corrected chi connectivity index (χ0v) is 11.5. The van der Waals surface area contributed by atoms with Crippen molar-refractivity contribution in [2.24, 2.45) is 0 Å². The minimum Gasteiger partial charge on any atom is -0.478 e. The minimum absolute atomic E-state index is 0.331. The fourth-order valence-corrected chi connectivity index (χ4v) is 1.56. The Hall–Kier alpha value is -2.29. The molecule has 19 heavy (non-hydrogen) atoms. The van der Waals surface area contributed by atoms with Gasteiger partial charge in [-0.15, -0.1) is 0 Å². The zero-order chi connectivity index (χ0) is 14.4. The Morgan fingerprint density at radius 1 is 0.947 bits per heavy atom. The maximum absolute atomic E-state index is 10.2. The largest absolute Gasteiger partial charge is 0.478 e. The number of hydrogen-bond donors (Lipinski definition) is 2. The van der Waals surface area contributed by atoms with Crippen molar-refractivity contribution >= 4 is 11.7 Å². The predicted octanol–water partition coefficient (Wildman–Crippen LogP) is 3.58. The molecular formula is C16H19NO2. The standard InChI is InChI=1S/C9H13N.C7H6O2/c1-6-4-5-9(10)8(3)7(6)2;8-7(9)6-4-2-1-3-5-6/h4-5H,10H2,1-3H3;1-5H,(H,8,9). The van der Waals surface area contributed by atoms with Crippen LogP contribution in [0.25, 0.3) is 0 Å². The lowest BCUT2D eigenvalue weighted by molar-refractivity contribution is 0.0697. The molecule has 100 valence electrons. The summed E-state index contributed by atoms with van der Waals surface area (Å²) in [6.45, 7) is 6.25. The van der Waals surface area contributed by atoms with Crippen LogP contribution < -0.4 is 5.73 Å². The molecule has 0 aliphatic carbocycles. The third-order valence-electron chi connectivity index (χ3n) is 3.12. The van der Waals surface area contributed by atoms with Crippen LogP contribution in [0, 0.1) is 20.8 Å². The molecule has 2 aromatic carbocycles. The summed E-state index contributed by atoms with van der Waals surface area (Å²) in [5, 5.41) is 8.38. The Morgan fingerprint density at radius 3 is 1.95 bits per heavy atom. The van der Waals surface area contributed by atoms with Gasteiger partial charge in [-0.1, -0.05) is 24.3 Å². The van der Waals surface area contributed by atoms with Gasteiger partial charge in [0.15, 0.2) is 0 Å². The van der Waals surface area contributed by atoms with Crippen LogP contribution in [-0.4, -0.2) is 11.1 Å². The van der Waals surface area contributed by atoms with Crippen LogP contribution in [-0.2, 0) is 0 Å². The first-order valence-electron chi connectivity index (χ1n) is 6.04. The highest BCUT2D eigenvalue weighted by atomic mass is 16.4. The third-order valence-corrected chi connectivity index (χ3v) is 3.12. The molecule has 2 rings (SSSR count). The summed E-state index contributed by atoms with van der Waals surface area (Å²) in [4.78, 5) is 10.2. The quantitative estimate of drug-likeness (QED) is 0.767. The molecule has 0 amide bonds. The van der Waals surface area contributed by atoms with E-state index in [9.17, 15) is 4.79 Å². The molecule has 0 aliphatic rings. The maximum Gasteiger partial charge on any atom is 0.335 e. The van der Waals surface area contributed by atoms with Gasteiger partial charge in [0.2, 0.25) is 0 Å². The van der Waals surface area contributed by atoms with Crippen LogP contribution >= 0.6 is 0 Å². The minimum atomic E-state index is -0.879. The summed E-state index contributed by atoms with van der Waals surface area (Å²) < 4.78 is 0. The summed E-state index contributed by atoms with van der Waals surface area (Å²) in [6, 6.07) is 12.3. The lowest BCUT2D eigenvalue weighted by Crippen LogP contribution is -1.93. The van der Waals surface area contributed by atoms with Gasteiger partial charge in [-0.2, -0.15) is 0 Å². The molecule has 0 fully saturated rings. The van der Waals surface area contributed by atoms with Crippen LogP contribution in [0.15, 0.2) is 42.5 Å². The van der Waals surface area contributed by atoms with Crippen molar-refractivity contribution in [3.8, 4) is 0 Å². The van der Waals surface area contributed by atoms with Crippen LogP contribution in [0.5, 0.6) is 0 Å². The molecule has 3 heteroatoms. The number of carboxylic acids is 1. The number of carbonyl (C=O) groups is 1. The third kappa shape index (κ3) is 4.14. The summed E-state index contributed by atoms with van der Waals surface area (Å²) >= 11 is 0. The smallest absolute Gasteiger partial charge is 0.335 e. The van der Waals surface area contributed by atoms with Crippen molar-refractivity contribution in [2.75, 3.05) is 5.73 Å². The van der Waals surface area contributed by atoms with Crippen LogP contribution in [0.4, 0.5) is 5.69 Å². The average Bonchev–Trinajstić information content (AvgIpc) is 2.42. The van der Waals surface area contributed by atoms with Gasteiger partial charge in [0, 0.05) is 5.69 Å². The zero-order valence-electron chi connectivity index (χ0n) is 11.5. The summed E-state index contributed by atoms with van der Waals surface area (Å²) in [6.07, 6.45) is 0. The molecular weight excluding hydrogens is 238 g/mol. The Balaban J connectivity index is 0.000000191. The monoisotopic (exact) mass is 257 g/mol. The topological polar surface area (TPSA) is 63.3 Å². The molecule has 0 unspecified atom stereocenters.